The van der Waals surface area contributed by atoms with Crippen LogP contribution >= 0.6 is 0 Å². The van der Waals surface area contributed by atoms with Gasteiger partial charge in [-0.05, 0) is 32.9 Å². The number of hydrogen-bond donors (Lipinski definition) is 1. The molecule has 0 spiro atoms. The third-order valence-corrected chi connectivity index (χ3v) is 5.02. The minimum atomic E-state index is -0.855. The van der Waals surface area contributed by atoms with Crippen LogP contribution in [-0.2, 0) is 9.53 Å². The number of carbonyl (C=O) groups excluding carboxylic acids is 1. The van der Waals surface area contributed by atoms with Crippen molar-refractivity contribution in [2.75, 3.05) is 36.5 Å². The maximum absolute atomic E-state index is 12.8. The summed E-state index contributed by atoms with van der Waals surface area (Å²) in [6, 6.07) is 5.73. The Morgan fingerprint density at radius 1 is 1.10 bits per heavy atom. The number of ether oxygens (including phenoxy) is 1. The first kappa shape index (κ1) is 20.7. The molecule has 0 bridgehead atoms. The number of rotatable bonds is 5. The fourth-order valence-electron chi connectivity index (χ4n) is 3.39. The summed E-state index contributed by atoms with van der Waals surface area (Å²) in [7, 11) is 0. The average molecular weight is 424 g/mol. The molecule has 11 heteroatoms. The van der Waals surface area contributed by atoms with Gasteiger partial charge in [-0.25, -0.2) is 19.3 Å². The lowest BCUT2D eigenvalue weighted by Gasteiger charge is -2.27. The summed E-state index contributed by atoms with van der Waals surface area (Å²) < 4.78 is 8.14. The molecule has 4 heterocycles. The van der Waals surface area contributed by atoms with E-state index < -0.39 is 11.9 Å². The van der Waals surface area contributed by atoms with Crippen molar-refractivity contribution in [3.05, 3.63) is 52.3 Å². The predicted octanol–water partition coefficient (Wildman–Crippen LogP) is 0.872. The predicted molar refractivity (Wildman–Crippen MR) is 113 cm³/mol. The minimum Gasteiger partial charge on any atom is -0.378 e. The number of nitrogens with zero attached hydrogens (tertiary/aromatic N) is 7. The van der Waals surface area contributed by atoms with Crippen LogP contribution in [0.2, 0.25) is 0 Å². The van der Waals surface area contributed by atoms with Gasteiger partial charge in [0.1, 0.15) is 24.0 Å². The highest BCUT2D eigenvalue weighted by atomic mass is 16.5. The molecule has 162 valence electrons. The molecule has 1 N–H and O–H groups in total. The highest BCUT2D eigenvalue weighted by molar-refractivity contribution is 5.92. The van der Waals surface area contributed by atoms with Crippen LogP contribution in [-0.4, -0.2) is 61.7 Å². The van der Waals surface area contributed by atoms with Crippen molar-refractivity contribution in [2.24, 2.45) is 0 Å². The van der Waals surface area contributed by atoms with Crippen LogP contribution in [0, 0.1) is 13.8 Å². The van der Waals surface area contributed by atoms with Crippen molar-refractivity contribution in [3.63, 3.8) is 0 Å². The van der Waals surface area contributed by atoms with Crippen molar-refractivity contribution in [3.8, 4) is 5.82 Å². The summed E-state index contributed by atoms with van der Waals surface area (Å²) >= 11 is 0. The zero-order valence-electron chi connectivity index (χ0n) is 17.6. The quantitative estimate of drug-likeness (QED) is 0.641. The summed E-state index contributed by atoms with van der Waals surface area (Å²) in [5.41, 5.74) is 1.33. The maximum atomic E-state index is 12.8. The fourth-order valence-corrected chi connectivity index (χ4v) is 3.39. The second-order valence-electron chi connectivity index (χ2n) is 7.34. The molecular formula is C20H24N8O3. The van der Waals surface area contributed by atoms with Gasteiger partial charge in [-0.15, -0.1) is 5.10 Å². The number of anilines is 2. The Morgan fingerprint density at radius 2 is 1.87 bits per heavy atom. The lowest BCUT2D eigenvalue weighted by atomic mass is 10.3. The molecule has 4 rings (SSSR count). The van der Waals surface area contributed by atoms with E-state index in [1.54, 1.807) is 23.7 Å². The van der Waals surface area contributed by atoms with Crippen LogP contribution in [0.3, 0.4) is 0 Å². The first-order valence-corrected chi connectivity index (χ1v) is 10.0. The Hall–Kier alpha value is -3.60. The van der Waals surface area contributed by atoms with Gasteiger partial charge in [-0.2, -0.15) is 5.10 Å². The van der Waals surface area contributed by atoms with Crippen molar-refractivity contribution >= 4 is 17.5 Å². The van der Waals surface area contributed by atoms with E-state index >= 15 is 0 Å². The van der Waals surface area contributed by atoms with Gasteiger partial charge in [-0.1, -0.05) is 0 Å². The Bertz CT molecular complexity index is 1150. The van der Waals surface area contributed by atoms with E-state index in [1.807, 2.05) is 19.9 Å². The number of aromatic nitrogens is 6. The van der Waals surface area contributed by atoms with Gasteiger partial charge in [0.15, 0.2) is 5.82 Å². The standard InChI is InChI=1S/C20H24N8O3/c1-13-10-14(2)27(24-13)17-4-5-19(29)28(25-17)15(3)20(30)23-16-11-18(22-12-21-16)26-6-8-31-9-7-26/h4-5,10-12,15H,6-9H2,1-3H3,(H,21,22,23,30). The topological polar surface area (TPSA) is 120 Å². The number of hydrogen-bond acceptors (Lipinski definition) is 8. The summed E-state index contributed by atoms with van der Waals surface area (Å²) in [5.74, 6) is 1.12. The lowest BCUT2D eigenvalue weighted by Crippen LogP contribution is -2.37. The zero-order chi connectivity index (χ0) is 22.0. The van der Waals surface area contributed by atoms with Gasteiger partial charge < -0.3 is 15.0 Å². The van der Waals surface area contributed by atoms with Crippen LogP contribution < -0.4 is 15.8 Å². The molecule has 1 unspecified atom stereocenters. The van der Waals surface area contributed by atoms with Gasteiger partial charge in [0.25, 0.3) is 5.56 Å². The van der Waals surface area contributed by atoms with Gasteiger partial charge >= 0.3 is 0 Å². The molecular weight excluding hydrogens is 400 g/mol. The number of carbonyl (C=O) groups is 1. The SMILES string of the molecule is Cc1cc(C)n(-c2ccc(=O)n(C(C)C(=O)Nc3cc(N4CCOCC4)ncn3)n2)n1. The highest BCUT2D eigenvalue weighted by Crippen LogP contribution is 2.17. The second-order valence-corrected chi connectivity index (χ2v) is 7.34. The van der Waals surface area contributed by atoms with Crippen molar-refractivity contribution in [2.45, 2.75) is 26.8 Å². The van der Waals surface area contributed by atoms with Crippen molar-refractivity contribution in [1.29, 1.82) is 0 Å². The summed E-state index contributed by atoms with van der Waals surface area (Å²) in [4.78, 5) is 35.7. The molecule has 1 aliphatic heterocycles. The van der Waals surface area contributed by atoms with E-state index in [-0.39, 0.29) is 5.56 Å². The van der Waals surface area contributed by atoms with Crippen molar-refractivity contribution < 1.29 is 9.53 Å². The van der Waals surface area contributed by atoms with Gasteiger partial charge in [-0.3, -0.25) is 9.59 Å². The van der Waals surface area contributed by atoms with Gasteiger partial charge in [0.05, 0.1) is 18.9 Å². The lowest BCUT2D eigenvalue weighted by molar-refractivity contribution is -0.119. The molecule has 1 atom stereocenters. The van der Waals surface area contributed by atoms with Crippen LogP contribution in [0.5, 0.6) is 0 Å². The Balaban J connectivity index is 1.54. The first-order valence-electron chi connectivity index (χ1n) is 10.0. The molecule has 31 heavy (non-hydrogen) atoms. The molecule has 0 saturated carbocycles. The van der Waals surface area contributed by atoms with Crippen LogP contribution in [0.1, 0.15) is 24.4 Å². The third-order valence-electron chi connectivity index (χ3n) is 5.02. The van der Waals surface area contributed by atoms with Crippen LogP contribution in [0.15, 0.2) is 35.4 Å². The van der Waals surface area contributed by atoms with Crippen LogP contribution in [0.4, 0.5) is 11.6 Å². The fraction of sp³-hybridized carbons (Fsp3) is 0.400. The van der Waals surface area contributed by atoms with Gasteiger partial charge in [0.2, 0.25) is 5.91 Å². The van der Waals surface area contributed by atoms with E-state index in [0.29, 0.717) is 30.7 Å². The maximum Gasteiger partial charge on any atom is 0.267 e. The number of aryl methyl sites for hydroxylation is 2. The molecule has 0 aromatic carbocycles. The Morgan fingerprint density at radius 3 is 2.58 bits per heavy atom. The first-order chi connectivity index (χ1) is 14.9. The molecule has 1 amide bonds. The smallest absolute Gasteiger partial charge is 0.267 e. The van der Waals surface area contributed by atoms with E-state index in [4.69, 9.17) is 4.74 Å². The zero-order valence-corrected chi connectivity index (χ0v) is 17.6. The average Bonchev–Trinajstić information content (AvgIpc) is 3.12. The highest BCUT2D eigenvalue weighted by Gasteiger charge is 2.20. The number of amides is 1. The number of morpholine rings is 1. The molecule has 3 aromatic heterocycles. The molecule has 1 fully saturated rings. The minimum absolute atomic E-state index is 0.357. The monoisotopic (exact) mass is 424 g/mol. The van der Waals surface area contributed by atoms with E-state index in [1.165, 1.54) is 12.4 Å². The normalized spacial score (nSPS) is 15.0. The summed E-state index contributed by atoms with van der Waals surface area (Å²) in [6.45, 7) is 8.08. The Kier molecular flexibility index (Phi) is 5.76. The molecule has 0 radical (unpaired) electrons. The van der Waals surface area contributed by atoms with E-state index in [2.05, 4.69) is 30.4 Å². The largest absolute Gasteiger partial charge is 0.378 e. The molecule has 11 nitrogen and oxygen atoms in total. The molecule has 1 saturated heterocycles. The summed E-state index contributed by atoms with van der Waals surface area (Å²) in [5, 5.41) is 11.5. The number of nitrogens with one attached hydrogen (secondary N) is 1. The van der Waals surface area contributed by atoms with E-state index in [9.17, 15) is 9.59 Å². The molecule has 1 aliphatic rings. The van der Waals surface area contributed by atoms with Crippen LogP contribution in [0.25, 0.3) is 5.82 Å². The second kappa shape index (κ2) is 8.64. The van der Waals surface area contributed by atoms with Gasteiger partial charge in [0, 0.05) is 30.9 Å². The third kappa shape index (κ3) is 4.45. The molecule has 0 aliphatic carbocycles. The Labute approximate surface area is 178 Å². The van der Waals surface area contributed by atoms with E-state index in [0.717, 1.165) is 29.2 Å². The molecule has 3 aromatic rings. The van der Waals surface area contributed by atoms with Crippen molar-refractivity contribution in [1.82, 2.24) is 29.5 Å². The summed E-state index contributed by atoms with van der Waals surface area (Å²) in [6.07, 6.45) is 1.40.